The molecule has 0 aliphatic carbocycles. The minimum atomic E-state index is 0.168. The van der Waals surface area contributed by atoms with E-state index in [2.05, 4.69) is 5.92 Å². The lowest BCUT2D eigenvalue weighted by atomic mass is 10.1. The monoisotopic (exact) mass is 200 g/mol. The first-order valence-corrected chi connectivity index (χ1v) is 5.34. The maximum atomic E-state index is 5.50. The molecule has 4 heteroatoms. The fourth-order valence-electron chi connectivity index (χ4n) is 1.42. The van der Waals surface area contributed by atoms with E-state index >= 15 is 0 Å². The summed E-state index contributed by atoms with van der Waals surface area (Å²) >= 11 is 0. The summed E-state index contributed by atoms with van der Waals surface area (Å²) in [7, 11) is 0.798. The van der Waals surface area contributed by atoms with Crippen LogP contribution in [-0.4, -0.2) is 42.5 Å². The van der Waals surface area contributed by atoms with Gasteiger partial charge in [0.2, 0.25) is 0 Å². The molecule has 0 aromatic carbocycles. The van der Waals surface area contributed by atoms with E-state index in [0.29, 0.717) is 19.3 Å². The molecule has 0 spiro atoms. The van der Waals surface area contributed by atoms with E-state index in [1.165, 1.54) is 0 Å². The van der Waals surface area contributed by atoms with Crippen LogP contribution >= 0.6 is 0 Å². The highest BCUT2D eigenvalue weighted by molar-refractivity contribution is 5.98. The summed E-state index contributed by atoms with van der Waals surface area (Å²) in [5.41, 5.74) is 0. The van der Waals surface area contributed by atoms with Crippen LogP contribution in [0, 0.1) is 12.3 Å². The van der Waals surface area contributed by atoms with Crippen molar-refractivity contribution >= 4 is 10.5 Å². The average Bonchev–Trinajstić information content (AvgIpc) is 2.19. The standard InChI is InChI=1S/C9H16O3Si/c1-2-4-10-7-9-6-8(12-13)3-5-11-9/h1,8-9H,3-7H2,13H3. The first kappa shape index (κ1) is 10.7. The smallest absolute Gasteiger partial charge is 0.146 e. The van der Waals surface area contributed by atoms with Crippen LogP contribution < -0.4 is 0 Å². The van der Waals surface area contributed by atoms with Crippen molar-refractivity contribution in [2.45, 2.75) is 25.0 Å². The van der Waals surface area contributed by atoms with Crippen LogP contribution in [0.15, 0.2) is 0 Å². The van der Waals surface area contributed by atoms with Crippen LogP contribution in [0.1, 0.15) is 12.8 Å². The summed E-state index contributed by atoms with van der Waals surface area (Å²) in [6.45, 7) is 1.73. The Morgan fingerprint density at radius 2 is 2.46 bits per heavy atom. The minimum Gasteiger partial charge on any atom is -0.425 e. The number of terminal acetylenes is 1. The highest BCUT2D eigenvalue weighted by Crippen LogP contribution is 2.16. The zero-order chi connectivity index (χ0) is 9.52. The Morgan fingerprint density at radius 1 is 1.62 bits per heavy atom. The number of hydrogen-bond acceptors (Lipinski definition) is 3. The van der Waals surface area contributed by atoms with Gasteiger partial charge in [-0.25, -0.2) is 0 Å². The van der Waals surface area contributed by atoms with E-state index in [4.69, 9.17) is 20.3 Å². The van der Waals surface area contributed by atoms with E-state index in [1.54, 1.807) is 0 Å². The topological polar surface area (TPSA) is 27.7 Å². The van der Waals surface area contributed by atoms with E-state index < -0.39 is 0 Å². The second kappa shape index (κ2) is 6.16. The van der Waals surface area contributed by atoms with Gasteiger partial charge in [0.15, 0.2) is 0 Å². The molecule has 0 amide bonds. The molecule has 1 saturated heterocycles. The van der Waals surface area contributed by atoms with Crippen molar-refractivity contribution in [1.82, 2.24) is 0 Å². The van der Waals surface area contributed by atoms with Gasteiger partial charge in [0, 0.05) is 19.1 Å². The van der Waals surface area contributed by atoms with Gasteiger partial charge in [-0.1, -0.05) is 5.92 Å². The summed E-state index contributed by atoms with van der Waals surface area (Å²) in [5.74, 6) is 2.43. The maximum Gasteiger partial charge on any atom is 0.146 e. The summed E-state index contributed by atoms with van der Waals surface area (Å²) in [5, 5.41) is 0. The van der Waals surface area contributed by atoms with Gasteiger partial charge in [-0.15, -0.1) is 6.42 Å². The fourth-order valence-corrected chi connectivity index (χ4v) is 1.85. The lowest BCUT2D eigenvalue weighted by Gasteiger charge is -2.28. The van der Waals surface area contributed by atoms with Gasteiger partial charge < -0.3 is 13.9 Å². The summed E-state index contributed by atoms with van der Waals surface area (Å²) in [6.07, 6.45) is 7.55. The number of ether oxygens (including phenoxy) is 2. The van der Waals surface area contributed by atoms with E-state index in [0.717, 1.165) is 29.9 Å². The Hall–Kier alpha value is -0.343. The molecule has 0 aromatic rings. The predicted octanol–water partition coefficient (Wildman–Crippen LogP) is -0.519. The molecule has 2 atom stereocenters. The van der Waals surface area contributed by atoms with E-state index in [9.17, 15) is 0 Å². The van der Waals surface area contributed by atoms with Crippen LogP contribution in [0.4, 0.5) is 0 Å². The van der Waals surface area contributed by atoms with Crippen LogP contribution in [0.5, 0.6) is 0 Å². The lowest BCUT2D eigenvalue weighted by molar-refractivity contribution is -0.0675. The average molecular weight is 200 g/mol. The molecule has 2 unspecified atom stereocenters. The van der Waals surface area contributed by atoms with Gasteiger partial charge in [-0.05, 0) is 6.42 Å². The Bertz CT molecular complexity index is 178. The quantitative estimate of drug-likeness (QED) is 0.347. The third-order valence-electron chi connectivity index (χ3n) is 2.14. The molecule has 0 saturated carbocycles. The molecule has 3 nitrogen and oxygen atoms in total. The molecule has 0 N–H and O–H groups in total. The molecule has 0 bridgehead atoms. The molecule has 1 rings (SSSR count). The van der Waals surface area contributed by atoms with Gasteiger partial charge in [0.1, 0.15) is 17.1 Å². The van der Waals surface area contributed by atoms with Crippen LogP contribution in [0.2, 0.25) is 0 Å². The second-order valence-corrected chi connectivity index (χ2v) is 3.57. The fraction of sp³-hybridized carbons (Fsp3) is 0.778. The second-order valence-electron chi connectivity index (χ2n) is 3.09. The molecule has 0 aromatic heterocycles. The highest BCUT2D eigenvalue weighted by Gasteiger charge is 2.21. The largest absolute Gasteiger partial charge is 0.425 e. The van der Waals surface area contributed by atoms with E-state index in [-0.39, 0.29) is 6.10 Å². The first-order valence-electron chi connectivity index (χ1n) is 4.52. The normalized spacial score (nSPS) is 28.5. The molecule has 1 aliphatic heterocycles. The summed E-state index contributed by atoms with van der Waals surface area (Å²) in [4.78, 5) is 0. The SMILES string of the molecule is C#CCOCC1CC(O[SiH3])CCO1. The molecule has 13 heavy (non-hydrogen) atoms. The number of rotatable bonds is 4. The molecular weight excluding hydrogens is 184 g/mol. The van der Waals surface area contributed by atoms with Crippen LogP contribution in [0.25, 0.3) is 0 Å². The maximum absolute atomic E-state index is 5.50. The third kappa shape index (κ3) is 3.92. The predicted molar refractivity (Wildman–Crippen MR) is 53.4 cm³/mol. The van der Waals surface area contributed by atoms with Crippen molar-refractivity contribution in [3.63, 3.8) is 0 Å². The molecule has 1 aliphatic rings. The van der Waals surface area contributed by atoms with Crippen molar-refractivity contribution < 1.29 is 13.9 Å². The van der Waals surface area contributed by atoms with Crippen molar-refractivity contribution in [2.75, 3.05) is 19.8 Å². The van der Waals surface area contributed by atoms with Gasteiger partial charge in [-0.3, -0.25) is 0 Å². The Kier molecular flexibility index (Phi) is 5.09. The zero-order valence-corrected chi connectivity index (χ0v) is 9.99. The van der Waals surface area contributed by atoms with Crippen LogP contribution in [-0.2, 0) is 13.9 Å². The Morgan fingerprint density at radius 3 is 3.15 bits per heavy atom. The minimum absolute atomic E-state index is 0.168. The molecule has 74 valence electrons. The number of hydrogen-bond donors (Lipinski definition) is 0. The van der Waals surface area contributed by atoms with Gasteiger partial charge >= 0.3 is 0 Å². The molecule has 0 radical (unpaired) electrons. The van der Waals surface area contributed by atoms with Crippen molar-refractivity contribution in [3.05, 3.63) is 0 Å². The van der Waals surface area contributed by atoms with Crippen molar-refractivity contribution in [2.24, 2.45) is 0 Å². The molecule has 1 fully saturated rings. The summed E-state index contributed by atoms with van der Waals surface area (Å²) in [6, 6.07) is 0. The molecular formula is C9H16O3Si. The highest BCUT2D eigenvalue weighted by atomic mass is 28.2. The van der Waals surface area contributed by atoms with Gasteiger partial charge in [-0.2, -0.15) is 0 Å². The van der Waals surface area contributed by atoms with Crippen LogP contribution in [0.3, 0.4) is 0 Å². The summed E-state index contributed by atoms with van der Waals surface area (Å²) < 4.78 is 16.1. The van der Waals surface area contributed by atoms with Gasteiger partial charge in [0.05, 0.1) is 12.7 Å². The first-order chi connectivity index (χ1) is 6.36. The third-order valence-corrected chi connectivity index (χ3v) is 2.81. The van der Waals surface area contributed by atoms with Crippen molar-refractivity contribution in [3.8, 4) is 12.3 Å². The van der Waals surface area contributed by atoms with Crippen molar-refractivity contribution in [1.29, 1.82) is 0 Å². The molecule has 1 heterocycles. The Labute approximate surface area is 82.3 Å². The zero-order valence-electron chi connectivity index (χ0n) is 7.99. The lowest BCUT2D eigenvalue weighted by Crippen LogP contribution is -2.33. The van der Waals surface area contributed by atoms with E-state index in [1.807, 2.05) is 0 Å². The Balaban J connectivity index is 2.15. The van der Waals surface area contributed by atoms with Gasteiger partial charge in [0.25, 0.3) is 0 Å².